The second kappa shape index (κ2) is 7.95. The van der Waals surface area contributed by atoms with Crippen LogP contribution in [0, 0.1) is 28.1 Å². The van der Waals surface area contributed by atoms with E-state index in [-0.39, 0.29) is 53.4 Å². The average Bonchev–Trinajstić information content (AvgIpc) is 3.59. The lowest BCUT2D eigenvalue weighted by Gasteiger charge is -2.62. The Morgan fingerprint density at radius 1 is 1.25 bits per heavy atom. The molecule has 1 N–H and O–H groups in total. The van der Waals surface area contributed by atoms with Crippen LogP contribution >= 0.6 is 11.8 Å². The largest absolute Gasteiger partial charge is 0.472 e. The molecule has 0 bridgehead atoms. The summed E-state index contributed by atoms with van der Waals surface area (Å²) in [4.78, 5) is 27.1. The summed E-state index contributed by atoms with van der Waals surface area (Å²) >= 11 is 1.61. The molecule has 4 fully saturated rings. The minimum atomic E-state index is -1.00. The monoisotopic (exact) mass is 516 g/mol. The fourth-order valence-electron chi connectivity index (χ4n) is 9.28. The van der Waals surface area contributed by atoms with Gasteiger partial charge in [0.05, 0.1) is 44.4 Å². The van der Waals surface area contributed by atoms with Gasteiger partial charge in [0.2, 0.25) is 0 Å². The van der Waals surface area contributed by atoms with Crippen LogP contribution in [0.4, 0.5) is 0 Å². The molecule has 0 aromatic carbocycles. The summed E-state index contributed by atoms with van der Waals surface area (Å²) < 4.78 is 23.8. The number of allylic oxidation sites excluding steroid dienone is 1. The van der Waals surface area contributed by atoms with Gasteiger partial charge in [-0.2, -0.15) is 11.8 Å². The number of ketones is 1. The zero-order valence-electron chi connectivity index (χ0n) is 21.8. The van der Waals surface area contributed by atoms with Crippen LogP contribution in [0.2, 0.25) is 0 Å². The van der Waals surface area contributed by atoms with Crippen molar-refractivity contribution >= 4 is 23.5 Å². The number of hydrogen-bond acceptors (Lipinski definition) is 8. The van der Waals surface area contributed by atoms with Gasteiger partial charge in [0, 0.05) is 39.8 Å². The number of aliphatic hydroxyl groups is 1. The Balaban J connectivity index is 1.56. The topological polar surface area (TPSA) is 95.2 Å². The molecular formula is C28H36O7S. The molecule has 1 aromatic heterocycles. The Kier molecular flexibility index (Phi) is 5.46. The highest BCUT2D eigenvalue weighted by Gasteiger charge is 2.79. The fourth-order valence-corrected chi connectivity index (χ4v) is 10.4. The maximum absolute atomic E-state index is 14.2. The Morgan fingerprint density at radius 2 is 2.00 bits per heavy atom. The SMILES string of the molecule is COC(=O)C[C@H]1[C@]2(C)C3=C(C)C(c4ccoc4)CC3O[C@@H]2[C@@H]2OC(O)[C@]3(C)C(SC)CC(=O)[C@@]1(C)C23. The summed E-state index contributed by atoms with van der Waals surface area (Å²) in [6.45, 7) is 8.38. The Bertz CT molecular complexity index is 1130. The van der Waals surface area contributed by atoms with E-state index in [0.29, 0.717) is 6.42 Å². The quantitative estimate of drug-likeness (QED) is 0.472. The van der Waals surface area contributed by atoms with Crippen molar-refractivity contribution in [3.05, 3.63) is 35.3 Å². The first-order chi connectivity index (χ1) is 17.0. The molecule has 0 radical (unpaired) electrons. The van der Waals surface area contributed by atoms with E-state index in [1.807, 2.05) is 19.2 Å². The lowest BCUT2D eigenvalue weighted by atomic mass is 9.40. The number of aliphatic hydroxyl groups excluding tert-OH is 1. The molecule has 5 aliphatic rings. The maximum atomic E-state index is 14.2. The van der Waals surface area contributed by atoms with Crippen LogP contribution < -0.4 is 0 Å². The standard InChI is InChI=1S/C28H36O7S/c1-13-15(14-7-8-33-12-14)9-16-21(13)27(3)17(10-20(30)32-5)26(2)18(29)11-19(36-6)28(4)23(26)22(24(27)34-16)35-25(28)31/h7-8,12,15-17,19,22-25,31H,9-11H2,1-6H3/t15?,16?,17-,19?,22-,23?,24-,25?,26+,27-,28-/m1/s1. The van der Waals surface area contributed by atoms with Gasteiger partial charge in [0.1, 0.15) is 5.78 Å². The molecule has 5 unspecified atom stereocenters. The first-order valence-electron chi connectivity index (χ1n) is 12.9. The Labute approximate surface area is 216 Å². The number of ether oxygens (including phenoxy) is 3. The number of methoxy groups -OCH3 is 1. The molecule has 196 valence electrons. The van der Waals surface area contributed by atoms with Crippen molar-refractivity contribution in [2.24, 2.45) is 28.1 Å². The van der Waals surface area contributed by atoms with Crippen LogP contribution in [0.25, 0.3) is 0 Å². The molecule has 2 aliphatic heterocycles. The lowest BCUT2D eigenvalue weighted by molar-refractivity contribution is -0.201. The first-order valence-corrected chi connectivity index (χ1v) is 14.2. The van der Waals surface area contributed by atoms with Crippen molar-refractivity contribution in [3.63, 3.8) is 0 Å². The highest BCUT2D eigenvalue weighted by atomic mass is 32.2. The second-order valence-corrected chi connectivity index (χ2v) is 13.1. The van der Waals surface area contributed by atoms with E-state index >= 15 is 0 Å². The third-order valence-corrected chi connectivity index (χ3v) is 12.1. The van der Waals surface area contributed by atoms with E-state index in [0.717, 1.165) is 12.0 Å². The number of hydrogen-bond donors (Lipinski definition) is 1. The number of esters is 1. The van der Waals surface area contributed by atoms with Crippen molar-refractivity contribution in [2.45, 2.75) is 82.7 Å². The molecule has 11 atom stereocenters. The van der Waals surface area contributed by atoms with Crippen LogP contribution in [0.15, 0.2) is 34.2 Å². The Morgan fingerprint density at radius 3 is 2.64 bits per heavy atom. The number of thioether (sulfide) groups is 1. The van der Waals surface area contributed by atoms with Crippen LogP contribution in [0.1, 0.15) is 58.4 Å². The Hall–Kier alpha value is -1.61. The first kappa shape index (κ1) is 24.7. The summed E-state index contributed by atoms with van der Waals surface area (Å²) in [6, 6.07) is 1.99. The van der Waals surface area contributed by atoms with Gasteiger partial charge >= 0.3 is 5.97 Å². The summed E-state index contributed by atoms with van der Waals surface area (Å²) in [7, 11) is 1.40. The van der Waals surface area contributed by atoms with Gasteiger partial charge in [-0.1, -0.05) is 26.3 Å². The maximum Gasteiger partial charge on any atom is 0.305 e. The van der Waals surface area contributed by atoms with E-state index in [1.165, 1.54) is 18.3 Å². The number of carbonyl (C=O) groups is 2. The highest BCUT2D eigenvalue weighted by Crippen LogP contribution is 2.74. The number of furan rings is 1. The molecule has 0 spiro atoms. The van der Waals surface area contributed by atoms with E-state index in [9.17, 15) is 14.7 Å². The molecule has 8 heteroatoms. The van der Waals surface area contributed by atoms with Crippen LogP contribution in [0.5, 0.6) is 0 Å². The molecule has 3 aliphatic carbocycles. The molecule has 2 saturated heterocycles. The van der Waals surface area contributed by atoms with Crippen molar-refractivity contribution in [1.82, 2.24) is 0 Å². The second-order valence-electron chi connectivity index (χ2n) is 12.0. The van der Waals surface area contributed by atoms with Gasteiger partial charge in [-0.25, -0.2) is 0 Å². The zero-order chi connectivity index (χ0) is 25.8. The number of carbonyl (C=O) groups excluding carboxylic acids is 2. The third kappa shape index (κ3) is 2.77. The van der Waals surface area contributed by atoms with Crippen molar-refractivity contribution in [3.8, 4) is 0 Å². The fraction of sp³-hybridized carbons (Fsp3) is 0.714. The van der Waals surface area contributed by atoms with Crippen molar-refractivity contribution < 1.29 is 33.3 Å². The lowest BCUT2D eigenvalue weighted by Crippen LogP contribution is -2.69. The van der Waals surface area contributed by atoms with Gasteiger partial charge in [0.15, 0.2) is 6.29 Å². The van der Waals surface area contributed by atoms with E-state index in [4.69, 9.17) is 18.6 Å². The normalized spacial score (nSPS) is 49.1. The van der Waals surface area contributed by atoms with Crippen molar-refractivity contribution in [2.75, 3.05) is 13.4 Å². The summed E-state index contributed by atoms with van der Waals surface area (Å²) in [5.41, 5.74) is 1.38. The molecular weight excluding hydrogens is 480 g/mol. The molecule has 7 nitrogen and oxygen atoms in total. The van der Waals surface area contributed by atoms with Crippen LogP contribution in [-0.2, 0) is 23.8 Å². The number of rotatable bonds is 4. The van der Waals surface area contributed by atoms with Crippen molar-refractivity contribution in [1.29, 1.82) is 0 Å². The number of fused-ring (bicyclic) bond motifs is 4. The zero-order valence-corrected chi connectivity index (χ0v) is 22.6. The molecule has 3 heterocycles. The van der Waals surface area contributed by atoms with Gasteiger partial charge in [-0.05, 0) is 42.7 Å². The van der Waals surface area contributed by atoms with Crippen LogP contribution in [0.3, 0.4) is 0 Å². The summed E-state index contributed by atoms with van der Waals surface area (Å²) in [6.07, 6.45) is 4.77. The average molecular weight is 517 g/mol. The minimum absolute atomic E-state index is 0.0708. The highest BCUT2D eigenvalue weighted by molar-refractivity contribution is 7.99. The predicted octanol–water partition coefficient (Wildman–Crippen LogP) is 4.10. The molecule has 1 aromatic rings. The van der Waals surface area contributed by atoms with Gasteiger partial charge in [0.25, 0.3) is 0 Å². The molecule has 36 heavy (non-hydrogen) atoms. The smallest absolute Gasteiger partial charge is 0.305 e. The molecule has 6 rings (SSSR count). The van der Waals surface area contributed by atoms with Gasteiger partial charge in [-0.3, -0.25) is 9.59 Å². The van der Waals surface area contributed by atoms with Gasteiger partial charge < -0.3 is 23.7 Å². The third-order valence-electron chi connectivity index (χ3n) is 10.9. The predicted molar refractivity (Wildman–Crippen MR) is 133 cm³/mol. The van der Waals surface area contributed by atoms with E-state index in [1.54, 1.807) is 24.3 Å². The molecule has 2 saturated carbocycles. The van der Waals surface area contributed by atoms with E-state index < -0.39 is 28.6 Å². The molecule has 0 amide bonds. The summed E-state index contributed by atoms with van der Waals surface area (Å²) in [5.74, 6) is -0.631. The van der Waals surface area contributed by atoms with E-state index in [2.05, 4.69) is 20.8 Å². The van der Waals surface area contributed by atoms with Gasteiger partial charge in [-0.15, -0.1) is 0 Å². The summed E-state index contributed by atoms with van der Waals surface area (Å²) in [5, 5.41) is 11.3. The number of Topliss-reactive ketones (excluding diaryl/α,β-unsaturated/α-hetero) is 1. The minimum Gasteiger partial charge on any atom is -0.472 e. The van der Waals surface area contributed by atoms with Crippen LogP contribution in [-0.4, -0.2) is 60.1 Å².